The van der Waals surface area contributed by atoms with Crippen LogP contribution in [0.15, 0.2) is 36.9 Å². The predicted molar refractivity (Wildman–Crippen MR) is 78.6 cm³/mol. The molecule has 0 fully saturated rings. The molecule has 4 heteroatoms. The highest BCUT2D eigenvalue weighted by Gasteiger charge is 2.15. The van der Waals surface area contributed by atoms with Gasteiger partial charge in [0, 0.05) is 18.1 Å². The topological polar surface area (TPSA) is 47.9 Å². The molecule has 0 atom stereocenters. The summed E-state index contributed by atoms with van der Waals surface area (Å²) >= 11 is 0. The summed E-state index contributed by atoms with van der Waals surface area (Å²) in [6, 6.07) is 7.28. The molecule has 0 heterocycles. The van der Waals surface area contributed by atoms with Crippen molar-refractivity contribution in [3.05, 3.63) is 42.5 Å². The first-order chi connectivity index (χ1) is 9.72. The minimum atomic E-state index is 0.110. The number of phenols is 1. The number of fused-ring (bicyclic) bond motifs is 1. The van der Waals surface area contributed by atoms with Crippen molar-refractivity contribution in [2.45, 2.75) is 6.42 Å². The van der Waals surface area contributed by atoms with Gasteiger partial charge >= 0.3 is 0 Å². The third kappa shape index (κ3) is 2.56. The van der Waals surface area contributed by atoms with E-state index in [4.69, 9.17) is 14.2 Å². The molecule has 0 unspecified atom stereocenters. The second kappa shape index (κ2) is 6.30. The van der Waals surface area contributed by atoms with Crippen molar-refractivity contribution in [2.24, 2.45) is 0 Å². The van der Waals surface area contributed by atoms with Crippen LogP contribution >= 0.6 is 0 Å². The zero-order valence-electron chi connectivity index (χ0n) is 11.7. The Morgan fingerprint density at radius 2 is 1.95 bits per heavy atom. The summed E-state index contributed by atoms with van der Waals surface area (Å²) in [6.07, 6.45) is 2.29. The molecule has 0 saturated heterocycles. The molecular formula is C16H18O4. The van der Waals surface area contributed by atoms with Crippen molar-refractivity contribution in [1.82, 2.24) is 0 Å². The fourth-order valence-electron chi connectivity index (χ4n) is 2.20. The molecule has 0 aliphatic carbocycles. The van der Waals surface area contributed by atoms with E-state index in [0.29, 0.717) is 17.9 Å². The quantitative estimate of drug-likeness (QED) is 0.649. The van der Waals surface area contributed by atoms with E-state index in [1.54, 1.807) is 26.4 Å². The lowest BCUT2D eigenvalue weighted by Gasteiger charge is -2.16. The number of ether oxygens (including phenoxy) is 3. The van der Waals surface area contributed by atoms with E-state index >= 15 is 0 Å². The van der Waals surface area contributed by atoms with Gasteiger partial charge < -0.3 is 19.3 Å². The highest BCUT2D eigenvalue weighted by molar-refractivity contribution is 5.95. The number of benzene rings is 2. The summed E-state index contributed by atoms with van der Waals surface area (Å²) in [5, 5.41) is 11.9. The van der Waals surface area contributed by atoms with E-state index in [0.717, 1.165) is 16.3 Å². The van der Waals surface area contributed by atoms with Gasteiger partial charge in [-0.2, -0.15) is 0 Å². The molecule has 0 amide bonds. The molecule has 4 nitrogen and oxygen atoms in total. The summed E-state index contributed by atoms with van der Waals surface area (Å²) in [4.78, 5) is 0. The van der Waals surface area contributed by atoms with Crippen LogP contribution in [-0.2, 0) is 11.2 Å². The van der Waals surface area contributed by atoms with Gasteiger partial charge in [0.1, 0.15) is 5.75 Å². The molecule has 0 aliphatic heterocycles. The molecule has 0 spiro atoms. The highest BCUT2D eigenvalue weighted by atomic mass is 16.7. The van der Waals surface area contributed by atoms with Crippen molar-refractivity contribution in [3.63, 3.8) is 0 Å². The van der Waals surface area contributed by atoms with E-state index in [2.05, 4.69) is 6.58 Å². The Labute approximate surface area is 118 Å². The van der Waals surface area contributed by atoms with Gasteiger partial charge in [-0.15, -0.1) is 6.58 Å². The van der Waals surface area contributed by atoms with Crippen molar-refractivity contribution in [2.75, 3.05) is 21.0 Å². The normalized spacial score (nSPS) is 10.5. The molecule has 0 bridgehead atoms. The maximum atomic E-state index is 10.1. The second-order valence-electron chi connectivity index (χ2n) is 4.30. The first kappa shape index (κ1) is 14.2. The molecule has 0 aromatic heterocycles. The molecule has 0 saturated carbocycles. The zero-order valence-corrected chi connectivity index (χ0v) is 11.7. The average Bonchev–Trinajstić information content (AvgIpc) is 2.47. The second-order valence-corrected chi connectivity index (χ2v) is 4.30. The van der Waals surface area contributed by atoms with E-state index in [-0.39, 0.29) is 12.5 Å². The van der Waals surface area contributed by atoms with Crippen molar-refractivity contribution in [1.29, 1.82) is 0 Å². The number of hydrogen-bond acceptors (Lipinski definition) is 4. The monoisotopic (exact) mass is 274 g/mol. The molecule has 0 aliphatic rings. The molecule has 2 aromatic carbocycles. The average molecular weight is 274 g/mol. The van der Waals surface area contributed by atoms with E-state index < -0.39 is 0 Å². The van der Waals surface area contributed by atoms with Gasteiger partial charge in [-0.3, -0.25) is 0 Å². The van der Waals surface area contributed by atoms with Crippen LogP contribution in [0.3, 0.4) is 0 Å². The van der Waals surface area contributed by atoms with Crippen LogP contribution in [0.5, 0.6) is 17.2 Å². The Morgan fingerprint density at radius 1 is 1.20 bits per heavy atom. The van der Waals surface area contributed by atoms with Gasteiger partial charge in [0.15, 0.2) is 18.3 Å². The maximum absolute atomic E-state index is 10.1. The van der Waals surface area contributed by atoms with Crippen molar-refractivity contribution < 1.29 is 19.3 Å². The number of rotatable bonds is 6. The largest absolute Gasteiger partial charge is 0.508 e. The third-order valence-corrected chi connectivity index (χ3v) is 3.08. The van der Waals surface area contributed by atoms with Crippen molar-refractivity contribution >= 4 is 10.8 Å². The molecular weight excluding hydrogens is 256 g/mol. The number of aromatic hydroxyl groups is 1. The number of hydrogen-bond donors (Lipinski definition) is 1. The van der Waals surface area contributed by atoms with Crippen LogP contribution in [0.4, 0.5) is 0 Å². The minimum absolute atomic E-state index is 0.110. The highest BCUT2D eigenvalue weighted by Crippen LogP contribution is 2.40. The summed E-state index contributed by atoms with van der Waals surface area (Å²) < 4.78 is 15.9. The summed E-state index contributed by atoms with van der Waals surface area (Å²) in [7, 11) is 3.14. The molecule has 20 heavy (non-hydrogen) atoms. The minimum Gasteiger partial charge on any atom is -0.508 e. The fraction of sp³-hybridized carbons (Fsp3) is 0.250. The Kier molecular flexibility index (Phi) is 4.48. The van der Waals surface area contributed by atoms with Crippen molar-refractivity contribution in [3.8, 4) is 17.2 Å². The molecule has 1 N–H and O–H groups in total. The number of allylic oxidation sites excluding steroid dienone is 1. The van der Waals surface area contributed by atoms with E-state index in [1.165, 1.54) is 0 Å². The number of methoxy groups -OCH3 is 2. The number of phenolic OH excluding ortho intramolecular Hbond substituents is 1. The smallest absolute Gasteiger partial charge is 0.188 e. The standard InChI is InChI=1S/C16H18O4/c1-4-5-12-13(17)8-6-11-7-9-14(19-3)16(15(11)12)20-10-18-2/h4,6-9,17H,1,5,10H2,2-3H3. The Bertz CT molecular complexity index is 619. The van der Waals surface area contributed by atoms with Crippen LogP contribution in [0, 0.1) is 0 Å². The van der Waals surface area contributed by atoms with Crippen LogP contribution in [0.25, 0.3) is 10.8 Å². The van der Waals surface area contributed by atoms with Crippen LogP contribution < -0.4 is 9.47 Å². The van der Waals surface area contributed by atoms with Gasteiger partial charge in [-0.25, -0.2) is 0 Å². The van der Waals surface area contributed by atoms with Crippen LogP contribution in [-0.4, -0.2) is 26.1 Å². The first-order valence-corrected chi connectivity index (χ1v) is 6.27. The van der Waals surface area contributed by atoms with Crippen LogP contribution in [0.1, 0.15) is 5.56 Å². The van der Waals surface area contributed by atoms with E-state index in [1.807, 2.05) is 18.2 Å². The molecule has 106 valence electrons. The van der Waals surface area contributed by atoms with Gasteiger partial charge in [-0.1, -0.05) is 18.2 Å². The maximum Gasteiger partial charge on any atom is 0.188 e. The lowest BCUT2D eigenvalue weighted by atomic mass is 9.99. The lowest BCUT2D eigenvalue weighted by Crippen LogP contribution is -2.02. The SMILES string of the molecule is C=CCc1c(O)ccc2ccc(OC)c(OCOC)c12. The fourth-order valence-corrected chi connectivity index (χ4v) is 2.20. The zero-order chi connectivity index (χ0) is 14.5. The van der Waals surface area contributed by atoms with Gasteiger partial charge in [-0.05, 0) is 23.9 Å². The van der Waals surface area contributed by atoms with Gasteiger partial charge in [0.05, 0.1) is 7.11 Å². The Hall–Kier alpha value is -2.20. The summed E-state index contributed by atoms with van der Waals surface area (Å²) in [6.45, 7) is 3.84. The lowest BCUT2D eigenvalue weighted by molar-refractivity contribution is 0.0503. The molecule has 2 rings (SSSR count). The van der Waals surface area contributed by atoms with Crippen LogP contribution in [0.2, 0.25) is 0 Å². The van der Waals surface area contributed by atoms with Gasteiger partial charge in [0.25, 0.3) is 0 Å². The van der Waals surface area contributed by atoms with Gasteiger partial charge in [0.2, 0.25) is 0 Å². The first-order valence-electron chi connectivity index (χ1n) is 6.27. The Morgan fingerprint density at radius 3 is 2.60 bits per heavy atom. The third-order valence-electron chi connectivity index (χ3n) is 3.08. The summed E-state index contributed by atoms with van der Waals surface area (Å²) in [5.74, 6) is 1.39. The van der Waals surface area contributed by atoms with E-state index in [9.17, 15) is 5.11 Å². The molecule has 0 radical (unpaired) electrons. The summed E-state index contributed by atoms with van der Waals surface area (Å²) in [5.41, 5.74) is 0.766. The Balaban J connectivity index is 2.74. The predicted octanol–water partition coefficient (Wildman–Crippen LogP) is 3.27. The molecule has 2 aromatic rings.